The highest BCUT2D eigenvalue weighted by Gasteiger charge is 1.93. The molecule has 0 aliphatic heterocycles. The lowest BCUT2D eigenvalue weighted by molar-refractivity contribution is 0.191. The van der Waals surface area contributed by atoms with Crippen LogP contribution in [0.3, 0.4) is 0 Å². The third kappa shape index (κ3) is 6.23. The van der Waals surface area contributed by atoms with Gasteiger partial charge in [0.05, 0.1) is 6.10 Å². The van der Waals surface area contributed by atoms with E-state index in [9.17, 15) is 0 Å². The van der Waals surface area contributed by atoms with Crippen molar-refractivity contribution in [3.05, 3.63) is 35.9 Å². The molecule has 0 spiro atoms. The molecule has 84 valence electrons. The van der Waals surface area contributed by atoms with Crippen LogP contribution in [0.15, 0.2) is 30.3 Å². The summed E-state index contributed by atoms with van der Waals surface area (Å²) in [6.45, 7) is 5.15. The Balaban J connectivity index is 1.98. The predicted molar refractivity (Wildman–Crippen MR) is 62.7 cm³/mol. The fourth-order valence-corrected chi connectivity index (χ4v) is 1.32. The van der Waals surface area contributed by atoms with Gasteiger partial charge >= 0.3 is 0 Å². The third-order valence-electron chi connectivity index (χ3n) is 2.09. The third-order valence-corrected chi connectivity index (χ3v) is 2.09. The highest BCUT2D eigenvalue weighted by molar-refractivity contribution is 5.14. The second-order valence-electron chi connectivity index (χ2n) is 3.72. The molecule has 0 bridgehead atoms. The number of nitrogens with one attached hydrogen (secondary N) is 2. The number of aliphatic hydroxyl groups excluding tert-OH is 1. The average Bonchev–Trinajstić information content (AvgIpc) is 2.24. The van der Waals surface area contributed by atoms with Crippen LogP contribution in [-0.4, -0.2) is 30.8 Å². The standard InChI is InChI=1S/C12H20N2O/c1-11(15)9-13-7-8-14-10-12-5-3-2-4-6-12/h2-6,11,13-15H,7-10H2,1H3/t11-/m0/s1. The van der Waals surface area contributed by atoms with E-state index in [1.54, 1.807) is 6.92 Å². The molecule has 15 heavy (non-hydrogen) atoms. The van der Waals surface area contributed by atoms with Gasteiger partial charge in [-0.15, -0.1) is 0 Å². The van der Waals surface area contributed by atoms with Gasteiger partial charge in [-0.05, 0) is 12.5 Å². The lowest BCUT2D eigenvalue weighted by Crippen LogP contribution is -2.31. The molecule has 0 aromatic heterocycles. The fourth-order valence-electron chi connectivity index (χ4n) is 1.32. The van der Waals surface area contributed by atoms with Gasteiger partial charge in [-0.2, -0.15) is 0 Å². The molecule has 3 N–H and O–H groups in total. The number of hydrogen-bond donors (Lipinski definition) is 3. The summed E-state index contributed by atoms with van der Waals surface area (Å²) < 4.78 is 0. The monoisotopic (exact) mass is 208 g/mol. The SMILES string of the molecule is C[C@H](O)CNCCNCc1ccccc1. The first kappa shape index (κ1) is 12.2. The predicted octanol–water partition coefficient (Wildman–Crippen LogP) is 0.747. The molecule has 0 aliphatic carbocycles. The lowest BCUT2D eigenvalue weighted by Gasteiger charge is -2.07. The van der Waals surface area contributed by atoms with Gasteiger partial charge in [0, 0.05) is 26.2 Å². The Hall–Kier alpha value is -0.900. The van der Waals surface area contributed by atoms with Crippen molar-refractivity contribution in [2.24, 2.45) is 0 Å². The molecular formula is C12H20N2O. The summed E-state index contributed by atoms with van der Waals surface area (Å²) in [6.07, 6.45) is -0.265. The van der Waals surface area contributed by atoms with Gasteiger partial charge < -0.3 is 15.7 Å². The Kier molecular flexibility index (Phi) is 6.00. The molecule has 1 atom stereocenters. The Morgan fingerprint density at radius 1 is 1.13 bits per heavy atom. The smallest absolute Gasteiger partial charge is 0.0636 e. The van der Waals surface area contributed by atoms with E-state index in [1.807, 2.05) is 18.2 Å². The van der Waals surface area contributed by atoms with Crippen LogP contribution < -0.4 is 10.6 Å². The van der Waals surface area contributed by atoms with E-state index < -0.39 is 0 Å². The minimum Gasteiger partial charge on any atom is -0.392 e. The quantitative estimate of drug-likeness (QED) is 0.579. The first-order chi connectivity index (χ1) is 7.29. The van der Waals surface area contributed by atoms with Crippen molar-refractivity contribution in [3.63, 3.8) is 0 Å². The van der Waals surface area contributed by atoms with Crippen LogP contribution in [0.5, 0.6) is 0 Å². The van der Waals surface area contributed by atoms with Crippen LogP contribution in [0, 0.1) is 0 Å². The van der Waals surface area contributed by atoms with Crippen LogP contribution in [-0.2, 0) is 6.54 Å². The zero-order chi connectivity index (χ0) is 10.9. The number of benzene rings is 1. The summed E-state index contributed by atoms with van der Waals surface area (Å²) in [5.41, 5.74) is 1.30. The summed E-state index contributed by atoms with van der Waals surface area (Å²) >= 11 is 0. The molecule has 3 nitrogen and oxygen atoms in total. The van der Waals surface area contributed by atoms with Crippen molar-refractivity contribution < 1.29 is 5.11 Å². The fraction of sp³-hybridized carbons (Fsp3) is 0.500. The van der Waals surface area contributed by atoms with E-state index in [0.717, 1.165) is 19.6 Å². The molecule has 1 aromatic carbocycles. The first-order valence-electron chi connectivity index (χ1n) is 5.42. The second kappa shape index (κ2) is 7.40. The molecule has 0 radical (unpaired) electrons. The maximum absolute atomic E-state index is 9.00. The topological polar surface area (TPSA) is 44.3 Å². The molecule has 1 rings (SSSR count). The summed E-state index contributed by atoms with van der Waals surface area (Å²) in [5.74, 6) is 0. The van der Waals surface area contributed by atoms with Gasteiger partial charge in [0.1, 0.15) is 0 Å². The molecule has 1 aromatic rings. The van der Waals surface area contributed by atoms with Crippen LogP contribution in [0.25, 0.3) is 0 Å². The van der Waals surface area contributed by atoms with Crippen molar-refractivity contribution in [2.45, 2.75) is 19.6 Å². The van der Waals surface area contributed by atoms with Crippen LogP contribution >= 0.6 is 0 Å². The van der Waals surface area contributed by atoms with Crippen LogP contribution in [0.2, 0.25) is 0 Å². The highest BCUT2D eigenvalue weighted by atomic mass is 16.3. The van der Waals surface area contributed by atoms with E-state index >= 15 is 0 Å². The van der Waals surface area contributed by atoms with Crippen LogP contribution in [0.1, 0.15) is 12.5 Å². The van der Waals surface area contributed by atoms with E-state index in [-0.39, 0.29) is 6.10 Å². The molecular weight excluding hydrogens is 188 g/mol. The van der Waals surface area contributed by atoms with Gasteiger partial charge in [-0.25, -0.2) is 0 Å². The van der Waals surface area contributed by atoms with Crippen molar-refractivity contribution >= 4 is 0 Å². The molecule has 0 unspecified atom stereocenters. The zero-order valence-electron chi connectivity index (χ0n) is 9.24. The summed E-state index contributed by atoms with van der Waals surface area (Å²) in [5, 5.41) is 15.5. The Morgan fingerprint density at radius 3 is 2.47 bits per heavy atom. The molecule has 0 heterocycles. The van der Waals surface area contributed by atoms with E-state index in [1.165, 1.54) is 5.56 Å². The zero-order valence-corrected chi connectivity index (χ0v) is 9.24. The summed E-state index contributed by atoms with van der Waals surface area (Å²) in [7, 11) is 0. The summed E-state index contributed by atoms with van der Waals surface area (Å²) in [4.78, 5) is 0. The lowest BCUT2D eigenvalue weighted by atomic mass is 10.2. The van der Waals surface area contributed by atoms with Gasteiger partial charge in [-0.3, -0.25) is 0 Å². The first-order valence-corrected chi connectivity index (χ1v) is 5.42. The Bertz CT molecular complexity index is 249. The summed E-state index contributed by atoms with van der Waals surface area (Å²) in [6, 6.07) is 10.3. The van der Waals surface area contributed by atoms with E-state index in [0.29, 0.717) is 6.54 Å². The highest BCUT2D eigenvalue weighted by Crippen LogP contribution is 1.96. The second-order valence-corrected chi connectivity index (χ2v) is 3.72. The normalized spacial score (nSPS) is 12.7. The van der Waals surface area contributed by atoms with Crippen LogP contribution in [0.4, 0.5) is 0 Å². The van der Waals surface area contributed by atoms with Crippen molar-refractivity contribution in [3.8, 4) is 0 Å². The molecule has 0 saturated heterocycles. The molecule has 0 aliphatic rings. The van der Waals surface area contributed by atoms with Crippen molar-refractivity contribution in [2.75, 3.05) is 19.6 Å². The minimum absolute atomic E-state index is 0.265. The van der Waals surface area contributed by atoms with E-state index in [2.05, 4.69) is 22.8 Å². The number of rotatable bonds is 7. The van der Waals surface area contributed by atoms with Gasteiger partial charge in [0.2, 0.25) is 0 Å². The van der Waals surface area contributed by atoms with Gasteiger partial charge in [-0.1, -0.05) is 30.3 Å². The minimum atomic E-state index is -0.265. The Labute approximate surface area is 91.5 Å². The largest absolute Gasteiger partial charge is 0.392 e. The molecule has 0 saturated carbocycles. The van der Waals surface area contributed by atoms with Gasteiger partial charge in [0.25, 0.3) is 0 Å². The number of aliphatic hydroxyl groups is 1. The van der Waals surface area contributed by atoms with E-state index in [4.69, 9.17) is 5.11 Å². The van der Waals surface area contributed by atoms with Crippen molar-refractivity contribution in [1.29, 1.82) is 0 Å². The van der Waals surface area contributed by atoms with Crippen molar-refractivity contribution in [1.82, 2.24) is 10.6 Å². The molecule has 3 heteroatoms. The average molecular weight is 208 g/mol. The molecule has 0 amide bonds. The number of hydrogen-bond acceptors (Lipinski definition) is 3. The maximum Gasteiger partial charge on any atom is 0.0636 e. The van der Waals surface area contributed by atoms with Gasteiger partial charge in [0.15, 0.2) is 0 Å². The maximum atomic E-state index is 9.00. The molecule has 0 fully saturated rings. The Morgan fingerprint density at radius 2 is 1.80 bits per heavy atom.